The Kier molecular flexibility index (Phi) is 10.4. The van der Waals surface area contributed by atoms with Crippen LogP contribution in [-0.2, 0) is 11.3 Å². The third kappa shape index (κ3) is 7.83. The van der Waals surface area contributed by atoms with E-state index in [2.05, 4.69) is 30.9 Å². The quantitative estimate of drug-likeness (QED) is 0.230. The van der Waals surface area contributed by atoms with Gasteiger partial charge >= 0.3 is 0 Å². The minimum absolute atomic E-state index is 0.0412. The first-order valence-electron chi connectivity index (χ1n) is 13.9. The summed E-state index contributed by atoms with van der Waals surface area (Å²) >= 11 is 0. The molecule has 17 heteroatoms. The highest BCUT2D eigenvalue weighted by molar-refractivity contribution is 5.92. The van der Waals surface area contributed by atoms with Crippen LogP contribution >= 0.6 is 0 Å². The number of H-pyrrole nitrogens is 1. The Labute approximate surface area is 246 Å². The maximum atomic E-state index is 13.9. The number of hydrogen-bond acceptors (Lipinski definition) is 5. The van der Waals surface area contributed by atoms with Crippen molar-refractivity contribution in [2.45, 2.75) is 81.8 Å². The van der Waals surface area contributed by atoms with Gasteiger partial charge in [0, 0.05) is 12.8 Å². The van der Waals surface area contributed by atoms with Gasteiger partial charge in [0.2, 0.25) is 12.1 Å². The lowest BCUT2D eigenvalue weighted by atomic mass is 9.81. The lowest BCUT2D eigenvalue weighted by Gasteiger charge is -2.33. The van der Waals surface area contributed by atoms with Crippen LogP contribution in [0.1, 0.15) is 66.6 Å². The van der Waals surface area contributed by atoms with Crippen LogP contribution in [0.4, 0.5) is 35.1 Å². The van der Waals surface area contributed by atoms with E-state index in [1.54, 1.807) is 18.2 Å². The van der Waals surface area contributed by atoms with Gasteiger partial charge in [0.1, 0.15) is 19.2 Å². The highest BCUT2D eigenvalue weighted by Crippen LogP contribution is 2.41. The molecule has 0 aliphatic heterocycles. The molecule has 3 N–H and O–H groups in total. The van der Waals surface area contributed by atoms with Gasteiger partial charge in [-0.3, -0.25) is 9.59 Å². The molecule has 0 radical (unpaired) electrons. The van der Waals surface area contributed by atoms with Crippen molar-refractivity contribution < 1.29 is 44.7 Å². The number of aromatic nitrogens is 5. The lowest BCUT2D eigenvalue weighted by Crippen LogP contribution is -2.39. The minimum Gasteiger partial charge on any atom is -0.347 e. The van der Waals surface area contributed by atoms with Gasteiger partial charge in [-0.15, -0.1) is 5.10 Å². The lowest BCUT2D eigenvalue weighted by molar-refractivity contribution is -0.129. The molecule has 1 saturated carbocycles. The van der Waals surface area contributed by atoms with Crippen molar-refractivity contribution in [1.82, 2.24) is 35.6 Å². The number of hydrogen-bond donors (Lipinski definition) is 3. The number of fused-ring (bicyclic) bond motifs is 1. The molecule has 2 heterocycles. The van der Waals surface area contributed by atoms with E-state index in [1.807, 2.05) is 0 Å². The van der Waals surface area contributed by atoms with Crippen molar-refractivity contribution in [2.75, 3.05) is 13.3 Å². The van der Waals surface area contributed by atoms with Gasteiger partial charge in [0.15, 0.2) is 24.2 Å². The van der Waals surface area contributed by atoms with Crippen molar-refractivity contribution >= 4 is 22.8 Å². The van der Waals surface area contributed by atoms with E-state index in [0.717, 1.165) is 10.9 Å². The zero-order valence-electron chi connectivity index (χ0n) is 23.4. The van der Waals surface area contributed by atoms with Crippen molar-refractivity contribution in [3.05, 3.63) is 41.5 Å². The maximum Gasteiger partial charge on any atom is 0.274 e. The van der Waals surface area contributed by atoms with E-state index in [-0.39, 0.29) is 24.4 Å². The molecule has 1 aliphatic rings. The van der Waals surface area contributed by atoms with Crippen molar-refractivity contribution in [2.24, 2.45) is 5.92 Å². The zero-order valence-corrected chi connectivity index (χ0v) is 23.4. The molecule has 6 atom stereocenters. The van der Waals surface area contributed by atoms with E-state index < -0.39 is 93.2 Å². The second kappa shape index (κ2) is 13.9. The third-order valence-electron chi connectivity index (χ3n) is 7.59. The summed E-state index contributed by atoms with van der Waals surface area (Å²) in [4.78, 5) is 32.6. The summed E-state index contributed by atoms with van der Waals surface area (Å²) < 4.78 is 108. The number of alkyl halides is 8. The molecule has 1 fully saturated rings. The van der Waals surface area contributed by atoms with Crippen molar-refractivity contribution in [1.29, 1.82) is 0 Å². The van der Waals surface area contributed by atoms with E-state index in [1.165, 1.54) is 6.92 Å². The molecule has 2 amide bonds. The van der Waals surface area contributed by atoms with Crippen molar-refractivity contribution in [3.63, 3.8) is 0 Å². The normalized spacial score (nSPS) is 19.6. The summed E-state index contributed by atoms with van der Waals surface area (Å²) in [6.45, 7) is -2.37. The van der Waals surface area contributed by atoms with Crippen LogP contribution in [0, 0.1) is 5.92 Å². The van der Waals surface area contributed by atoms with Crippen LogP contribution in [0.3, 0.4) is 0 Å². The number of halogens is 8. The minimum atomic E-state index is -2.86. The largest absolute Gasteiger partial charge is 0.347 e. The first-order valence-corrected chi connectivity index (χ1v) is 13.9. The fourth-order valence-corrected chi connectivity index (χ4v) is 4.98. The Morgan fingerprint density at radius 3 is 2.39 bits per heavy atom. The molecule has 242 valence electrons. The van der Waals surface area contributed by atoms with E-state index in [0.29, 0.717) is 16.6 Å². The van der Waals surface area contributed by atoms with Crippen LogP contribution in [0.25, 0.3) is 11.0 Å². The summed E-state index contributed by atoms with van der Waals surface area (Å²) in [5.74, 6) is -5.25. The standard InChI is InChI=1S/C27H31F8N7O2/c1-13(36-26(44)22(33)17(31)10-29)15-2-3-19-20(8-15)38-24(37-19)23(14-4-6-27(34,35)7-5-14)39-25(43)21-12-42(41-40-21)11-18(32)16(30)9-28/h2-3,8,12-14,16-18,22-23H,4-7,9-11H2,1H3,(H,36,44)(H,37,38)(H,39,43)/t13-,16?,17?,18?,22?,23+/m1/s1. The average Bonchev–Trinajstić information content (AvgIpc) is 3.65. The van der Waals surface area contributed by atoms with Gasteiger partial charge in [0.25, 0.3) is 11.8 Å². The van der Waals surface area contributed by atoms with Crippen molar-refractivity contribution in [3.8, 4) is 0 Å². The Morgan fingerprint density at radius 2 is 1.73 bits per heavy atom. The Hall–Kier alpha value is -3.79. The monoisotopic (exact) mass is 637 g/mol. The molecular weight excluding hydrogens is 606 g/mol. The molecule has 4 unspecified atom stereocenters. The number of nitrogens with one attached hydrogen (secondary N) is 3. The molecular formula is C27H31F8N7O2. The maximum absolute atomic E-state index is 13.9. The summed E-state index contributed by atoms with van der Waals surface area (Å²) in [7, 11) is 0. The molecule has 3 aromatic rings. The second-order valence-electron chi connectivity index (χ2n) is 10.9. The first-order chi connectivity index (χ1) is 20.8. The second-order valence-corrected chi connectivity index (χ2v) is 10.9. The van der Waals surface area contributed by atoms with Gasteiger partial charge in [0.05, 0.1) is 35.9 Å². The smallest absolute Gasteiger partial charge is 0.274 e. The number of aromatic amines is 1. The van der Waals surface area contributed by atoms with Crippen LogP contribution in [0.5, 0.6) is 0 Å². The number of amides is 2. The molecule has 0 bridgehead atoms. The SMILES string of the molecule is C[C@@H](NC(=O)C(F)C(F)CF)c1ccc2nc([C@@H](NC(=O)c3cn(CC(F)C(F)CF)nn3)C3CCC(F)(F)CC3)[nH]c2c1. The Bertz CT molecular complexity index is 1430. The van der Waals surface area contributed by atoms with Gasteiger partial charge in [-0.25, -0.2) is 44.8 Å². The predicted molar refractivity (Wildman–Crippen MR) is 141 cm³/mol. The highest BCUT2D eigenvalue weighted by Gasteiger charge is 2.40. The van der Waals surface area contributed by atoms with Gasteiger partial charge < -0.3 is 15.6 Å². The summed E-state index contributed by atoms with van der Waals surface area (Å²) in [5, 5.41) is 12.2. The number of rotatable bonds is 13. The number of carbonyl (C=O) groups is 2. The van der Waals surface area contributed by atoms with Crippen LogP contribution in [0.15, 0.2) is 24.4 Å². The number of imidazole rings is 1. The zero-order chi connectivity index (χ0) is 32.2. The molecule has 9 nitrogen and oxygen atoms in total. The van der Waals surface area contributed by atoms with Gasteiger partial charge in [-0.05, 0) is 43.4 Å². The summed E-state index contributed by atoms with van der Waals surface area (Å²) in [5.41, 5.74) is 0.988. The van der Waals surface area contributed by atoms with E-state index >= 15 is 0 Å². The third-order valence-corrected chi connectivity index (χ3v) is 7.59. The van der Waals surface area contributed by atoms with Gasteiger partial charge in [-0.2, -0.15) is 0 Å². The Morgan fingerprint density at radius 1 is 1.05 bits per heavy atom. The predicted octanol–water partition coefficient (Wildman–Crippen LogP) is 4.92. The Balaban J connectivity index is 1.55. The number of nitrogens with zero attached hydrogens (tertiary/aromatic N) is 4. The van der Waals surface area contributed by atoms with E-state index in [4.69, 9.17) is 0 Å². The van der Waals surface area contributed by atoms with Gasteiger partial charge in [-0.1, -0.05) is 11.3 Å². The first kappa shape index (κ1) is 33.1. The summed E-state index contributed by atoms with van der Waals surface area (Å²) in [6.07, 6.45) is -9.59. The fraction of sp³-hybridized carbons (Fsp3) is 0.593. The molecule has 1 aromatic carbocycles. The topological polar surface area (TPSA) is 118 Å². The molecule has 2 aromatic heterocycles. The molecule has 4 rings (SSSR count). The average molecular weight is 638 g/mol. The number of carbonyl (C=O) groups excluding carboxylic acids is 2. The van der Waals surface area contributed by atoms with E-state index in [9.17, 15) is 44.7 Å². The molecule has 44 heavy (non-hydrogen) atoms. The molecule has 1 aliphatic carbocycles. The van der Waals surface area contributed by atoms with Crippen LogP contribution < -0.4 is 10.6 Å². The number of benzene rings is 1. The van der Waals surface area contributed by atoms with Crippen LogP contribution in [-0.4, -0.2) is 80.7 Å². The molecule has 0 spiro atoms. The highest BCUT2D eigenvalue weighted by atomic mass is 19.3. The van der Waals surface area contributed by atoms with Crippen LogP contribution in [0.2, 0.25) is 0 Å². The fourth-order valence-electron chi connectivity index (χ4n) is 4.98. The molecule has 0 saturated heterocycles. The summed E-state index contributed by atoms with van der Waals surface area (Å²) in [6, 6.07) is 2.95.